The second-order valence-corrected chi connectivity index (χ2v) is 4.93. The van der Waals surface area contributed by atoms with Gasteiger partial charge in [0.05, 0.1) is 6.10 Å². The fourth-order valence-corrected chi connectivity index (χ4v) is 2.15. The molecule has 0 fully saturated rings. The second-order valence-electron chi connectivity index (χ2n) is 3.90. The van der Waals surface area contributed by atoms with Crippen molar-refractivity contribution in [3.05, 3.63) is 22.4 Å². The van der Waals surface area contributed by atoms with E-state index in [-0.39, 0.29) is 6.10 Å². The van der Waals surface area contributed by atoms with Gasteiger partial charge in [0.25, 0.3) is 0 Å². The molecule has 0 saturated carbocycles. The fraction of sp³-hybridized carbons (Fsp3) is 0.636. The van der Waals surface area contributed by atoms with E-state index < -0.39 is 0 Å². The molecule has 1 atom stereocenters. The Labute approximate surface area is 84.4 Å². The van der Waals surface area contributed by atoms with Gasteiger partial charge in [0.15, 0.2) is 0 Å². The van der Waals surface area contributed by atoms with Gasteiger partial charge in [-0.25, -0.2) is 0 Å². The molecule has 2 heteroatoms. The Morgan fingerprint density at radius 1 is 1.46 bits per heavy atom. The highest BCUT2D eigenvalue weighted by Crippen LogP contribution is 2.15. The molecule has 0 bridgehead atoms. The molecule has 1 aromatic heterocycles. The minimum absolute atomic E-state index is 0.123. The van der Waals surface area contributed by atoms with Gasteiger partial charge in [-0.15, -0.1) is 11.3 Å². The summed E-state index contributed by atoms with van der Waals surface area (Å²) in [6.07, 6.45) is 2.72. The number of aryl methyl sites for hydroxylation is 1. The summed E-state index contributed by atoms with van der Waals surface area (Å²) in [7, 11) is 0. The maximum Gasteiger partial charge on any atom is 0.0546 e. The van der Waals surface area contributed by atoms with E-state index in [1.165, 1.54) is 4.88 Å². The normalized spacial score (nSPS) is 13.5. The van der Waals surface area contributed by atoms with Gasteiger partial charge in [0, 0.05) is 4.88 Å². The molecule has 0 aliphatic rings. The molecule has 0 saturated heterocycles. The van der Waals surface area contributed by atoms with Crippen LogP contribution in [0.1, 0.15) is 31.6 Å². The highest BCUT2D eigenvalue weighted by atomic mass is 32.1. The summed E-state index contributed by atoms with van der Waals surface area (Å²) in [5, 5.41) is 11.7. The number of aliphatic hydroxyl groups excluding tert-OH is 1. The standard InChI is InChI=1S/C11H18OS/c1-9(2)8-10(12)5-6-11-4-3-7-13-11/h3-4,7,9-10,12H,5-6,8H2,1-2H3. The largest absolute Gasteiger partial charge is 0.393 e. The van der Waals surface area contributed by atoms with Gasteiger partial charge in [0.1, 0.15) is 0 Å². The van der Waals surface area contributed by atoms with Crippen molar-refractivity contribution in [3.63, 3.8) is 0 Å². The first-order valence-corrected chi connectivity index (χ1v) is 5.77. The van der Waals surface area contributed by atoms with E-state index in [4.69, 9.17) is 0 Å². The molecule has 0 radical (unpaired) electrons. The average molecular weight is 198 g/mol. The molecular weight excluding hydrogens is 180 g/mol. The maximum atomic E-state index is 9.62. The molecule has 0 aromatic carbocycles. The summed E-state index contributed by atoms with van der Waals surface area (Å²) < 4.78 is 0. The van der Waals surface area contributed by atoms with Crippen molar-refractivity contribution in [1.82, 2.24) is 0 Å². The lowest BCUT2D eigenvalue weighted by atomic mass is 10.0. The van der Waals surface area contributed by atoms with Crippen LogP contribution in [0.15, 0.2) is 17.5 Å². The van der Waals surface area contributed by atoms with E-state index in [0.717, 1.165) is 19.3 Å². The molecule has 1 N–H and O–H groups in total. The van der Waals surface area contributed by atoms with Gasteiger partial charge < -0.3 is 5.11 Å². The fourth-order valence-electron chi connectivity index (χ4n) is 1.43. The zero-order valence-corrected chi connectivity index (χ0v) is 9.18. The van der Waals surface area contributed by atoms with E-state index in [2.05, 4.69) is 31.4 Å². The Bertz CT molecular complexity index is 216. The first-order chi connectivity index (χ1) is 6.18. The van der Waals surface area contributed by atoms with Crippen LogP contribution in [-0.2, 0) is 6.42 Å². The number of aliphatic hydroxyl groups is 1. The van der Waals surface area contributed by atoms with Crippen molar-refractivity contribution in [2.45, 2.75) is 39.2 Å². The summed E-state index contributed by atoms with van der Waals surface area (Å²) >= 11 is 1.77. The van der Waals surface area contributed by atoms with E-state index in [1.54, 1.807) is 11.3 Å². The lowest BCUT2D eigenvalue weighted by Gasteiger charge is -2.11. The van der Waals surface area contributed by atoms with Crippen molar-refractivity contribution in [1.29, 1.82) is 0 Å². The zero-order valence-electron chi connectivity index (χ0n) is 8.36. The van der Waals surface area contributed by atoms with Crippen molar-refractivity contribution < 1.29 is 5.11 Å². The SMILES string of the molecule is CC(C)CC(O)CCc1cccs1. The van der Waals surface area contributed by atoms with Crippen LogP contribution in [0, 0.1) is 5.92 Å². The van der Waals surface area contributed by atoms with Gasteiger partial charge in [-0.05, 0) is 36.6 Å². The summed E-state index contributed by atoms with van der Waals surface area (Å²) in [5.41, 5.74) is 0. The Balaban J connectivity index is 2.19. The topological polar surface area (TPSA) is 20.2 Å². The predicted octanol–water partition coefficient (Wildman–Crippen LogP) is 3.09. The molecule has 1 unspecified atom stereocenters. The van der Waals surface area contributed by atoms with Gasteiger partial charge in [-0.3, -0.25) is 0 Å². The molecule has 1 rings (SSSR count). The highest BCUT2D eigenvalue weighted by Gasteiger charge is 2.06. The molecule has 1 aromatic rings. The second kappa shape index (κ2) is 5.40. The summed E-state index contributed by atoms with van der Waals surface area (Å²) in [5.74, 6) is 0.596. The Morgan fingerprint density at radius 3 is 2.77 bits per heavy atom. The molecule has 0 spiro atoms. The quantitative estimate of drug-likeness (QED) is 0.771. The molecule has 0 aliphatic carbocycles. The van der Waals surface area contributed by atoms with Crippen LogP contribution in [0.3, 0.4) is 0 Å². The maximum absolute atomic E-state index is 9.62. The van der Waals surface area contributed by atoms with Crippen LogP contribution in [0.2, 0.25) is 0 Å². The molecule has 74 valence electrons. The zero-order chi connectivity index (χ0) is 9.68. The highest BCUT2D eigenvalue weighted by molar-refractivity contribution is 7.09. The third-order valence-corrected chi connectivity index (χ3v) is 2.98. The molecule has 0 amide bonds. The molecular formula is C11H18OS. The number of hydrogen-bond donors (Lipinski definition) is 1. The van der Waals surface area contributed by atoms with Gasteiger partial charge >= 0.3 is 0 Å². The predicted molar refractivity (Wildman–Crippen MR) is 58.1 cm³/mol. The lowest BCUT2D eigenvalue weighted by molar-refractivity contribution is 0.140. The first kappa shape index (κ1) is 10.7. The Kier molecular flexibility index (Phi) is 4.46. The smallest absolute Gasteiger partial charge is 0.0546 e. The summed E-state index contributed by atoms with van der Waals surface area (Å²) in [6.45, 7) is 4.29. The van der Waals surface area contributed by atoms with Crippen LogP contribution in [0.4, 0.5) is 0 Å². The third kappa shape index (κ3) is 4.44. The summed E-state index contributed by atoms with van der Waals surface area (Å²) in [4.78, 5) is 1.38. The molecule has 0 aliphatic heterocycles. The van der Waals surface area contributed by atoms with E-state index in [9.17, 15) is 5.11 Å². The van der Waals surface area contributed by atoms with Crippen LogP contribution in [0.5, 0.6) is 0 Å². The van der Waals surface area contributed by atoms with Crippen molar-refractivity contribution >= 4 is 11.3 Å². The average Bonchev–Trinajstić information content (AvgIpc) is 2.51. The molecule has 1 heterocycles. The first-order valence-electron chi connectivity index (χ1n) is 4.89. The van der Waals surface area contributed by atoms with Gasteiger partial charge in [-0.1, -0.05) is 19.9 Å². The monoisotopic (exact) mass is 198 g/mol. The Hall–Kier alpha value is -0.340. The molecule has 1 nitrogen and oxygen atoms in total. The van der Waals surface area contributed by atoms with Gasteiger partial charge in [-0.2, -0.15) is 0 Å². The Morgan fingerprint density at radius 2 is 2.23 bits per heavy atom. The third-order valence-electron chi connectivity index (χ3n) is 2.05. The minimum Gasteiger partial charge on any atom is -0.393 e. The van der Waals surface area contributed by atoms with E-state index in [0.29, 0.717) is 5.92 Å². The van der Waals surface area contributed by atoms with Crippen LogP contribution in [-0.4, -0.2) is 11.2 Å². The van der Waals surface area contributed by atoms with Crippen molar-refractivity contribution in [3.8, 4) is 0 Å². The number of thiophene rings is 1. The number of hydrogen-bond acceptors (Lipinski definition) is 2. The molecule has 13 heavy (non-hydrogen) atoms. The van der Waals surface area contributed by atoms with Crippen molar-refractivity contribution in [2.75, 3.05) is 0 Å². The minimum atomic E-state index is -0.123. The van der Waals surface area contributed by atoms with Gasteiger partial charge in [0.2, 0.25) is 0 Å². The summed E-state index contributed by atoms with van der Waals surface area (Å²) in [6, 6.07) is 4.20. The lowest BCUT2D eigenvalue weighted by Crippen LogP contribution is -2.10. The number of rotatable bonds is 5. The van der Waals surface area contributed by atoms with E-state index in [1.807, 2.05) is 0 Å². The van der Waals surface area contributed by atoms with E-state index >= 15 is 0 Å². The van der Waals surface area contributed by atoms with Crippen LogP contribution in [0.25, 0.3) is 0 Å². The van der Waals surface area contributed by atoms with Crippen molar-refractivity contribution in [2.24, 2.45) is 5.92 Å². The van der Waals surface area contributed by atoms with Crippen LogP contribution < -0.4 is 0 Å². The van der Waals surface area contributed by atoms with Crippen LogP contribution >= 0.6 is 11.3 Å².